The van der Waals surface area contributed by atoms with Crippen molar-refractivity contribution < 1.29 is 28.6 Å². The number of carbonyl (C=O) groups is 2. The summed E-state index contributed by atoms with van der Waals surface area (Å²) < 4.78 is 26.2. The third-order valence-electron chi connectivity index (χ3n) is 7.65. The summed E-state index contributed by atoms with van der Waals surface area (Å²) in [7, 11) is 0. The number of thioether (sulfide) groups is 1. The molecule has 1 N–H and O–H groups in total. The Balaban J connectivity index is 1.31. The number of ketones is 1. The number of hydrogen-bond donors (Lipinski definition) is 1. The lowest BCUT2D eigenvalue weighted by Crippen LogP contribution is -2.29. The van der Waals surface area contributed by atoms with E-state index >= 15 is 0 Å². The smallest absolute Gasteiger partial charge is 0.301 e. The molecule has 47 heavy (non-hydrogen) atoms. The summed E-state index contributed by atoms with van der Waals surface area (Å²) in [6.45, 7) is 4.74. The molecule has 238 valence electrons. The van der Waals surface area contributed by atoms with Gasteiger partial charge in [-0.25, -0.2) is 4.39 Å². The van der Waals surface area contributed by atoms with Gasteiger partial charge < -0.3 is 14.6 Å². The fourth-order valence-corrected chi connectivity index (χ4v) is 7.02. The zero-order valence-electron chi connectivity index (χ0n) is 25.6. The predicted octanol–water partition coefficient (Wildman–Crippen LogP) is 7.88. The van der Waals surface area contributed by atoms with Crippen LogP contribution in [0.25, 0.3) is 5.76 Å². The third-order valence-corrected chi connectivity index (χ3v) is 9.75. The Morgan fingerprint density at radius 3 is 2.26 bits per heavy atom. The van der Waals surface area contributed by atoms with E-state index in [-0.39, 0.29) is 22.3 Å². The van der Waals surface area contributed by atoms with Crippen LogP contribution >= 0.6 is 23.1 Å². The fourth-order valence-electron chi connectivity index (χ4n) is 5.17. The van der Waals surface area contributed by atoms with Crippen molar-refractivity contribution in [2.75, 3.05) is 11.5 Å². The molecule has 2 heterocycles. The van der Waals surface area contributed by atoms with Crippen LogP contribution in [0.15, 0.2) is 107 Å². The molecule has 1 aliphatic rings. The zero-order chi connectivity index (χ0) is 32.9. The number of rotatable bonds is 11. The second kappa shape index (κ2) is 14.2. The number of carbonyl (C=O) groups excluding carboxylic acids is 2. The van der Waals surface area contributed by atoms with E-state index in [1.807, 2.05) is 38.1 Å². The van der Waals surface area contributed by atoms with Crippen LogP contribution in [0.2, 0.25) is 0 Å². The Morgan fingerprint density at radius 2 is 1.55 bits per heavy atom. The number of halogens is 1. The van der Waals surface area contributed by atoms with E-state index in [0.29, 0.717) is 51.5 Å². The topological polar surface area (TPSA) is 102 Å². The van der Waals surface area contributed by atoms with Gasteiger partial charge in [0.2, 0.25) is 5.13 Å². The molecule has 1 amide bonds. The Hall–Kier alpha value is -5.00. The Kier molecular flexibility index (Phi) is 9.65. The number of benzene rings is 4. The number of Topliss-reactive ketones (excluding diaryl/α,β-unsaturated/α-hetero) is 1. The molecule has 1 saturated heterocycles. The molecule has 1 aromatic heterocycles. The summed E-state index contributed by atoms with van der Waals surface area (Å²) in [5.41, 5.74) is 3.52. The lowest BCUT2D eigenvalue weighted by Gasteiger charge is -2.22. The summed E-state index contributed by atoms with van der Waals surface area (Å²) in [5, 5.41) is 20.2. The minimum absolute atomic E-state index is 0.0801. The van der Waals surface area contributed by atoms with Gasteiger partial charge in [0.05, 0.1) is 18.2 Å². The van der Waals surface area contributed by atoms with E-state index < -0.39 is 17.7 Å². The van der Waals surface area contributed by atoms with Gasteiger partial charge in [-0.2, -0.15) is 0 Å². The second-order valence-electron chi connectivity index (χ2n) is 10.6. The maximum atomic E-state index is 14.2. The molecule has 0 bridgehead atoms. The van der Waals surface area contributed by atoms with E-state index in [1.165, 1.54) is 22.7 Å². The molecule has 1 aliphatic heterocycles. The highest BCUT2D eigenvalue weighted by Crippen LogP contribution is 2.44. The zero-order valence-corrected chi connectivity index (χ0v) is 27.2. The van der Waals surface area contributed by atoms with E-state index in [2.05, 4.69) is 10.2 Å². The van der Waals surface area contributed by atoms with Crippen molar-refractivity contribution in [3.8, 4) is 11.5 Å². The molecule has 5 aromatic rings. The van der Waals surface area contributed by atoms with Crippen molar-refractivity contribution >= 4 is 45.7 Å². The van der Waals surface area contributed by atoms with Crippen molar-refractivity contribution in [2.24, 2.45) is 0 Å². The van der Waals surface area contributed by atoms with Crippen molar-refractivity contribution in [1.82, 2.24) is 10.2 Å². The quantitative estimate of drug-likeness (QED) is 0.0499. The first-order valence-electron chi connectivity index (χ1n) is 14.8. The molecule has 11 heteroatoms. The maximum absolute atomic E-state index is 14.2. The number of hydrogen-bond acceptors (Lipinski definition) is 9. The Morgan fingerprint density at radius 1 is 0.894 bits per heavy atom. The minimum atomic E-state index is -0.986. The van der Waals surface area contributed by atoms with Gasteiger partial charge in [0.1, 0.15) is 29.7 Å². The van der Waals surface area contributed by atoms with Crippen LogP contribution in [-0.4, -0.2) is 33.6 Å². The molecular weight excluding hydrogens is 638 g/mol. The number of ether oxygens (including phenoxy) is 2. The molecule has 6 rings (SSSR count). The van der Waals surface area contributed by atoms with Crippen LogP contribution < -0.4 is 14.4 Å². The standard InChI is InChI=1S/C36H30FN3O5S2/c1-3-44-27-16-12-23(13-17-27)31-30(32(41)24-14-18-28(19-15-24)45-20-25-9-5-4-8-22(25)2)33(42)34(43)40(31)35-38-39-36(47-35)46-21-26-10-6-7-11-29(26)37/h4-19,31,41H,3,20-21H2,1-2H3/b32-30+. The molecule has 1 fully saturated rings. The largest absolute Gasteiger partial charge is 0.507 e. The summed E-state index contributed by atoms with van der Waals surface area (Å²) in [6, 6.07) is 27.1. The average Bonchev–Trinajstić information content (AvgIpc) is 3.66. The van der Waals surface area contributed by atoms with Gasteiger partial charge in [-0.05, 0) is 78.6 Å². The van der Waals surface area contributed by atoms with Crippen molar-refractivity contribution in [1.29, 1.82) is 0 Å². The Bertz CT molecular complexity index is 1940. The van der Waals surface area contributed by atoms with Crippen LogP contribution in [0, 0.1) is 12.7 Å². The lowest BCUT2D eigenvalue weighted by molar-refractivity contribution is -0.132. The minimum Gasteiger partial charge on any atom is -0.507 e. The third kappa shape index (κ3) is 6.91. The summed E-state index contributed by atoms with van der Waals surface area (Å²) in [4.78, 5) is 28.5. The molecule has 0 aliphatic carbocycles. The highest BCUT2D eigenvalue weighted by atomic mass is 32.2. The van der Waals surface area contributed by atoms with Crippen LogP contribution in [0.4, 0.5) is 9.52 Å². The summed E-state index contributed by atoms with van der Waals surface area (Å²) >= 11 is 2.39. The van der Waals surface area contributed by atoms with Crippen molar-refractivity contribution in [3.63, 3.8) is 0 Å². The van der Waals surface area contributed by atoms with E-state index in [9.17, 15) is 19.1 Å². The highest BCUT2D eigenvalue weighted by molar-refractivity contribution is 8.00. The number of nitrogens with zero attached hydrogens (tertiary/aromatic N) is 3. The first-order chi connectivity index (χ1) is 22.8. The van der Waals surface area contributed by atoms with Crippen LogP contribution in [0.5, 0.6) is 11.5 Å². The number of aryl methyl sites for hydroxylation is 1. The van der Waals surface area contributed by atoms with Crippen LogP contribution in [0.3, 0.4) is 0 Å². The number of aliphatic hydroxyl groups is 1. The molecule has 0 saturated carbocycles. The molecule has 4 aromatic carbocycles. The first kappa shape index (κ1) is 32.0. The summed E-state index contributed by atoms with van der Waals surface area (Å²) in [5.74, 6) is -0.819. The van der Waals surface area contributed by atoms with Gasteiger partial charge in [0.15, 0.2) is 4.34 Å². The molecule has 8 nitrogen and oxygen atoms in total. The number of anilines is 1. The Labute approximate surface area is 279 Å². The molecule has 0 radical (unpaired) electrons. The van der Waals surface area contributed by atoms with Crippen LogP contribution in [0.1, 0.15) is 40.8 Å². The van der Waals surface area contributed by atoms with Gasteiger partial charge in [-0.1, -0.05) is 77.7 Å². The van der Waals surface area contributed by atoms with E-state index in [0.717, 1.165) is 22.5 Å². The molecule has 1 unspecified atom stereocenters. The van der Waals surface area contributed by atoms with Gasteiger partial charge in [0.25, 0.3) is 5.78 Å². The lowest BCUT2D eigenvalue weighted by atomic mass is 9.95. The summed E-state index contributed by atoms with van der Waals surface area (Å²) in [6.07, 6.45) is 0. The number of amides is 1. The highest BCUT2D eigenvalue weighted by Gasteiger charge is 2.48. The van der Waals surface area contributed by atoms with Gasteiger partial charge >= 0.3 is 5.91 Å². The number of aliphatic hydroxyl groups excluding tert-OH is 1. The van der Waals surface area contributed by atoms with Gasteiger partial charge in [0, 0.05) is 11.3 Å². The second-order valence-corrected chi connectivity index (χ2v) is 12.8. The normalized spacial score (nSPS) is 15.6. The van der Waals surface area contributed by atoms with Crippen molar-refractivity contribution in [2.45, 2.75) is 36.6 Å². The average molecular weight is 668 g/mol. The monoisotopic (exact) mass is 667 g/mol. The first-order valence-corrected chi connectivity index (χ1v) is 16.7. The SMILES string of the molecule is CCOc1ccc(C2/C(=C(\O)c3ccc(OCc4ccccc4C)cc3)C(=O)C(=O)N2c2nnc(SCc3ccccc3F)s2)cc1. The number of aromatic nitrogens is 2. The van der Waals surface area contributed by atoms with E-state index in [1.54, 1.807) is 66.7 Å². The van der Waals surface area contributed by atoms with Crippen molar-refractivity contribution in [3.05, 3.63) is 136 Å². The van der Waals surface area contributed by atoms with E-state index in [4.69, 9.17) is 9.47 Å². The molecular formula is C36H30FN3O5S2. The van der Waals surface area contributed by atoms with Gasteiger partial charge in [-0.3, -0.25) is 14.5 Å². The predicted molar refractivity (Wildman–Crippen MR) is 180 cm³/mol. The maximum Gasteiger partial charge on any atom is 0.301 e. The molecule has 1 atom stereocenters. The van der Waals surface area contributed by atoms with Crippen LogP contribution in [-0.2, 0) is 21.9 Å². The molecule has 0 spiro atoms. The van der Waals surface area contributed by atoms with Gasteiger partial charge in [-0.15, -0.1) is 10.2 Å². The fraction of sp³-hybridized carbons (Fsp3) is 0.167.